The van der Waals surface area contributed by atoms with Gasteiger partial charge in [0.05, 0.1) is 17.7 Å². The number of benzene rings is 3. The van der Waals surface area contributed by atoms with Gasteiger partial charge in [-0.2, -0.15) is 0 Å². The normalized spacial score (nSPS) is 11.9. The van der Waals surface area contributed by atoms with Crippen molar-refractivity contribution >= 4 is 43.5 Å². The summed E-state index contributed by atoms with van der Waals surface area (Å²) in [4.78, 5) is 28.2. The standard InChI is InChI=1S/C28H32BrN3O5S/c1-4-17-30-28(34)21(2)31(19-22-13-15-23(29)16-14-22)27(33)20-32(24-9-8-10-25(18-24)37-3)38(35,36)26-11-6-5-7-12-26/h5-16,18,21H,4,17,19-20H2,1-3H3,(H,30,34)/t21-/m0/s1. The van der Waals surface area contributed by atoms with Crippen molar-refractivity contribution < 1.29 is 22.7 Å². The van der Waals surface area contributed by atoms with Gasteiger partial charge in [-0.1, -0.05) is 59.3 Å². The lowest BCUT2D eigenvalue weighted by Crippen LogP contribution is -2.51. The molecule has 10 heteroatoms. The van der Waals surface area contributed by atoms with E-state index >= 15 is 0 Å². The minimum Gasteiger partial charge on any atom is -0.497 e. The van der Waals surface area contributed by atoms with Crippen LogP contribution in [0.1, 0.15) is 25.8 Å². The number of sulfonamides is 1. The van der Waals surface area contributed by atoms with Gasteiger partial charge in [-0.15, -0.1) is 0 Å². The lowest BCUT2D eigenvalue weighted by Gasteiger charge is -2.32. The number of amides is 2. The molecule has 0 unspecified atom stereocenters. The Morgan fingerprint density at radius 3 is 2.32 bits per heavy atom. The van der Waals surface area contributed by atoms with Crippen molar-refractivity contribution in [2.75, 3.05) is 24.5 Å². The minimum atomic E-state index is -4.12. The molecule has 202 valence electrons. The number of methoxy groups -OCH3 is 1. The average Bonchev–Trinajstić information content (AvgIpc) is 2.94. The highest BCUT2D eigenvalue weighted by molar-refractivity contribution is 9.10. The predicted molar refractivity (Wildman–Crippen MR) is 151 cm³/mol. The second-order valence-corrected chi connectivity index (χ2v) is 11.4. The molecule has 0 aliphatic carbocycles. The van der Waals surface area contributed by atoms with Crippen molar-refractivity contribution in [3.8, 4) is 5.75 Å². The largest absolute Gasteiger partial charge is 0.497 e. The van der Waals surface area contributed by atoms with E-state index in [4.69, 9.17) is 4.74 Å². The third kappa shape index (κ3) is 7.35. The van der Waals surface area contributed by atoms with Crippen LogP contribution in [0.3, 0.4) is 0 Å². The second-order valence-electron chi connectivity index (χ2n) is 8.64. The first-order valence-electron chi connectivity index (χ1n) is 12.2. The maximum Gasteiger partial charge on any atom is 0.264 e. The monoisotopic (exact) mass is 601 g/mol. The van der Waals surface area contributed by atoms with Gasteiger partial charge in [-0.25, -0.2) is 8.42 Å². The molecule has 0 saturated heterocycles. The van der Waals surface area contributed by atoms with Gasteiger partial charge >= 0.3 is 0 Å². The second kappa shape index (κ2) is 13.4. The number of carbonyl (C=O) groups excluding carboxylic acids is 2. The van der Waals surface area contributed by atoms with E-state index in [0.717, 1.165) is 20.8 Å². The van der Waals surface area contributed by atoms with Gasteiger partial charge < -0.3 is 15.0 Å². The highest BCUT2D eigenvalue weighted by Crippen LogP contribution is 2.27. The maximum absolute atomic E-state index is 13.8. The van der Waals surface area contributed by atoms with E-state index in [0.29, 0.717) is 12.3 Å². The van der Waals surface area contributed by atoms with Crippen LogP contribution in [0.5, 0.6) is 5.75 Å². The number of hydrogen-bond donors (Lipinski definition) is 1. The third-order valence-corrected chi connectivity index (χ3v) is 8.25. The highest BCUT2D eigenvalue weighted by atomic mass is 79.9. The number of rotatable bonds is 12. The summed E-state index contributed by atoms with van der Waals surface area (Å²) < 4.78 is 34.8. The quantitative estimate of drug-likeness (QED) is 0.327. The summed E-state index contributed by atoms with van der Waals surface area (Å²) in [6, 6.07) is 21.0. The summed E-state index contributed by atoms with van der Waals surface area (Å²) in [5.41, 5.74) is 1.07. The van der Waals surface area contributed by atoms with Crippen LogP contribution in [0.25, 0.3) is 0 Å². The van der Waals surface area contributed by atoms with Crippen molar-refractivity contribution in [1.82, 2.24) is 10.2 Å². The lowest BCUT2D eigenvalue weighted by atomic mass is 10.1. The summed E-state index contributed by atoms with van der Waals surface area (Å²) in [5, 5.41) is 2.83. The van der Waals surface area contributed by atoms with Crippen LogP contribution in [0.4, 0.5) is 5.69 Å². The fourth-order valence-corrected chi connectivity index (χ4v) is 5.47. The van der Waals surface area contributed by atoms with Crippen LogP contribution >= 0.6 is 15.9 Å². The summed E-state index contributed by atoms with van der Waals surface area (Å²) in [6.45, 7) is 3.68. The predicted octanol–water partition coefficient (Wildman–Crippen LogP) is 4.60. The molecule has 0 bridgehead atoms. The minimum absolute atomic E-state index is 0.0452. The number of nitrogens with one attached hydrogen (secondary N) is 1. The molecule has 0 saturated carbocycles. The van der Waals surface area contributed by atoms with E-state index in [1.807, 2.05) is 31.2 Å². The van der Waals surface area contributed by atoms with E-state index in [2.05, 4.69) is 21.2 Å². The van der Waals surface area contributed by atoms with Crippen LogP contribution in [0.15, 0.2) is 88.2 Å². The Bertz CT molecular complexity index is 1330. The Labute approximate surface area is 232 Å². The molecule has 8 nitrogen and oxygen atoms in total. The van der Waals surface area contributed by atoms with Crippen LogP contribution in [0.2, 0.25) is 0 Å². The number of halogens is 1. The van der Waals surface area contributed by atoms with E-state index in [1.165, 1.54) is 24.1 Å². The van der Waals surface area contributed by atoms with Gasteiger partial charge in [0.1, 0.15) is 18.3 Å². The molecular formula is C28H32BrN3O5S. The van der Waals surface area contributed by atoms with Gasteiger partial charge in [0.15, 0.2) is 0 Å². The maximum atomic E-state index is 13.8. The highest BCUT2D eigenvalue weighted by Gasteiger charge is 2.32. The summed E-state index contributed by atoms with van der Waals surface area (Å²) in [7, 11) is -2.64. The van der Waals surface area contributed by atoms with Gasteiger partial charge in [0.25, 0.3) is 10.0 Å². The molecule has 0 aromatic heterocycles. The molecule has 0 radical (unpaired) electrons. The number of anilines is 1. The number of ether oxygens (including phenoxy) is 1. The zero-order valence-electron chi connectivity index (χ0n) is 21.6. The zero-order valence-corrected chi connectivity index (χ0v) is 24.0. The third-order valence-electron chi connectivity index (χ3n) is 5.93. The van der Waals surface area contributed by atoms with Crippen LogP contribution in [-0.4, -0.2) is 51.4 Å². The van der Waals surface area contributed by atoms with Crippen LogP contribution in [0, 0.1) is 0 Å². The fourth-order valence-electron chi connectivity index (χ4n) is 3.78. The van der Waals surface area contributed by atoms with Crippen LogP contribution in [-0.2, 0) is 26.2 Å². The van der Waals surface area contributed by atoms with Crippen molar-refractivity contribution in [3.63, 3.8) is 0 Å². The van der Waals surface area contributed by atoms with Crippen molar-refractivity contribution in [2.45, 2.75) is 37.8 Å². The molecule has 0 aliphatic heterocycles. The number of carbonyl (C=O) groups is 2. The molecule has 2 amide bonds. The first-order chi connectivity index (χ1) is 18.2. The molecule has 3 aromatic carbocycles. The topological polar surface area (TPSA) is 96.0 Å². The van der Waals surface area contributed by atoms with Gasteiger partial charge in [0.2, 0.25) is 11.8 Å². The first kappa shape index (κ1) is 29.2. The molecule has 0 aliphatic rings. The molecule has 3 aromatic rings. The fraction of sp³-hybridized carbons (Fsp3) is 0.286. The van der Waals surface area contributed by atoms with Gasteiger partial charge in [-0.05, 0) is 55.3 Å². The Kier molecular flexibility index (Phi) is 10.3. The Morgan fingerprint density at radius 1 is 1.00 bits per heavy atom. The molecular weight excluding hydrogens is 570 g/mol. The van der Waals surface area contributed by atoms with Crippen molar-refractivity contribution in [1.29, 1.82) is 0 Å². The van der Waals surface area contributed by atoms with Crippen molar-refractivity contribution in [2.24, 2.45) is 0 Å². The summed E-state index contributed by atoms with van der Waals surface area (Å²) in [5.74, 6) is -0.382. The lowest BCUT2D eigenvalue weighted by molar-refractivity contribution is -0.139. The molecule has 0 fully saturated rings. The smallest absolute Gasteiger partial charge is 0.264 e. The molecule has 0 spiro atoms. The Morgan fingerprint density at radius 2 is 1.68 bits per heavy atom. The summed E-state index contributed by atoms with van der Waals surface area (Å²) in [6.07, 6.45) is 0.748. The number of nitrogens with zero attached hydrogens (tertiary/aromatic N) is 2. The van der Waals surface area contributed by atoms with E-state index in [9.17, 15) is 18.0 Å². The molecule has 1 atom stereocenters. The summed E-state index contributed by atoms with van der Waals surface area (Å²) >= 11 is 3.41. The zero-order chi connectivity index (χ0) is 27.7. The Balaban J connectivity index is 2.02. The van der Waals surface area contributed by atoms with E-state index in [-0.39, 0.29) is 23.0 Å². The van der Waals surface area contributed by atoms with E-state index in [1.54, 1.807) is 49.4 Å². The average molecular weight is 603 g/mol. The Hall–Kier alpha value is -3.37. The molecule has 0 heterocycles. The number of hydrogen-bond acceptors (Lipinski definition) is 5. The molecule has 38 heavy (non-hydrogen) atoms. The molecule has 3 rings (SSSR count). The first-order valence-corrected chi connectivity index (χ1v) is 14.4. The van der Waals surface area contributed by atoms with Gasteiger partial charge in [0, 0.05) is 23.6 Å². The SMILES string of the molecule is CCCNC(=O)[C@H](C)N(Cc1ccc(Br)cc1)C(=O)CN(c1cccc(OC)c1)S(=O)(=O)c1ccccc1. The van der Waals surface area contributed by atoms with Gasteiger partial charge in [-0.3, -0.25) is 13.9 Å². The van der Waals surface area contributed by atoms with E-state index < -0.39 is 28.5 Å². The van der Waals surface area contributed by atoms with Crippen molar-refractivity contribution in [3.05, 3.63) is 88.9 Å². The van der Waals surface area contributed by atoms with Crippen LogP contribution < -0.4 is 14.4 Å². The molecule has 1 N–H and O–H groups in total.